The molecule has 1 atom stereocenters. The van der Waals surface area contributed by atoms with E-state index in [2.05, 4.69) is 17.6 Å². The van der Waals surface area contributed by atoms with Gasteiger partial charge < -0.3 is 20.1 Å². The third kappa shape index (κ3) is 4.55. The summed E-state index contributed by atoms with van der Waals surface area (Å²) < 4.78 is 10.6. The molecule has 1 aromatic carbocycles. The Bertz CT molecular complexity index is 477. The second kappa shape index (κ2) is 7.76. The van der Waals surface area contributed by atoms with Crippen molar-refractivity contribution >= 4 is 6.03 Å². The molecule has 0 aliphatic carbocycles. The van der Waals surface area contributed by atoms with Crippen molar-refractivity contribution in [3.8, 4) is 11.5 Å². The van der Waals surface area contributed by atoms with Gasteiger partial charge in [-0.05, 0) is 31.0 Å². The Kier molecular flexibility index (Phi) is 5.72. The molecule has 0 bridgehead atoms. The standard InChI is InChI=1S/C16H24N2O3/c1-3-4-5-6-9-17-16(19)18-12(2)13-7-8-14-15(10-13)21-11-20-14/h7-8,10,12H,3-6,9,11H2,1-2H3,(H2,17,18,19). The van der Waals surface area contributed by atoms with Gasteiger partial charge in [0.05, 0.1) is 6.04 Å². The largest absolute Gasteiger partial charge is 0.454 e. The van der Waals surface area contributed by atoms with Gasteiger partial charge in [0.1, 0.15) is 0 Å². The van der Waals surface area contributed by atoms with E-state index in [0.29, 0.717) is 0 Å². The molecule has 1 heterocycles. The van der Waals surface area contributed by atoms with Crippen molar-refractivity contribution in [3.05, 3.63) is 23.8 Å². The summed E-state index contributed by atoms with van der Waals surface area (Å²) in [6.07, 6.45) is 4.61. The third-order valence-electron chi connectivity index (χ3n) is 3.56. The molecule has 0 fully saturated rings. The summed E-state index contributed by atoms with van der Waals surface area (Å²) in [4.78, 5) is 11.8. The number of fused-ring (bicyclic) bond motifs is 1. The van der Waals surface area contributed by atoms with Crippen LogP contribution in [0.25, 0.3) is 0 Å². The quantitative estimate of drug-likeness (QED) is 0.758. The third-order valence-corrected chi connectivity index (χ3v) is 3.56. The lowest BCUT2D eigenvalue weighted by Gasteiger charge is -2.15. The summed E-state index contributed by atoms with van der Waals surface area (Å²) in [7, 11) is 0. The molecule has 5 heteroatoms. The molecule has 2 rings (SSSR count). The van der Waals surface area contributed by atoms with Crippen molar-refractivity contribution in [2.24, 2.45) is 0 Å². The van der Waals surface area contributed by atoms with Crippen LogP contribution in [0.5, 0.6) is 11.5 Å². The lowest BCUT2D eigenvalue weighted by atomic mass is 10.1. The molecule has 1 aromatic rings. The molecular weight excluding hydrogens is 268 g/mol. The van der Waals surface area contributed by atoms with E-state index in [0.717, 1.165) is 36.4 Å². The van der Waals surface area contributed by atoms with Gasteiger partial charge in [0.25, 0.3) is 0 Å². The van der Waals surface area contributed by atoms with Crippen LogP contribution in [0.3, 0.4) is 0 Å². The Morgan fingerprint density at radius 2 is 2.05 bits per heavy atom. The summed E-state index contributed by atoms with van der Waals surface area (Å²) in [5.41, 5.74) is 1.00. The van der Waals surface area contributed by atoms with E-state index in [1.807, 2.05) is 25.1 Å². The normalized spacial score (nSPS) is 13.8. The second-order valence-electron chi connectivity index (χ2n) is 5.30. The van der Waals surface area contributed by atoms with Crippen molar-refractivity contribution in [2.45, 2.75) is 45.6 Å². The van der Waals surface area contributed by atoms with Crippen LogP contribution in [0.1, 0.15) is 51.1 Å². The molecule has 116 valence electrons. The van der Waals surface area contributed by atoms with E-state index in [9.17, 15) is 4.79 Å². The van der Waals surface area contributed by atoms with Gasteiger partial charge in [-0.25, -0.2) is 4.79 Å². The van der Waals surface area contributed by atoms with E-state index >= 15 is 0 Å². The van der Waals surface area contributed by atoms with Crippen molar-refractivity contribution < 1.29 is 14.3 Å². The number of rotatable bonds is 7. The minimum Gasteiger partial charge on any atom is -0.454 e. The summed E-state index contributed by atoms with van der Waals surface area (Å²) in [5, 5.41) is 5.82. The highest BCUT2D eigenvalue weighted by Crippen LogP contribution is 2.34. The van der Waals surface area contributed by atoms with Gasteiger partial charge >= 0.3 is 6.03 Å². The van der Waals surface area contributed by atoms with Crippen LogP contribution < -0.4 is 20.1 Å². The maximum atomic E-state index is 11.8. The van der Waals surface area contributed by atoms with Gasteiger partial charge in [0.2, 0.25) is 6.79 Å². The molecule has 1 aliphatic rings. The van der Waals surface area contributed by atoms with Crippen LogP contribution in [0.15, 0.2) is 18.2 Å². The minimum absolute atomic E-state index is 0.0739. The number of amides is 2. The zero-order valence-corrected chi connectivity index (χ0v) is 12.8. The van der Waals surface area contributed by atoms with Crippen LogP contribution in [-0.2, 0) is 0 Å². The van der Waals surface area contributed by atoms with E-state index in [1.54, 1.807) is 0 Å². The highest BCUT2D eigenvalue weighted by molar-refractivity contribution is 5.74. The van der Waals surface area contributed by atoms with Crippen LogP contribution in [0, 0.1) is 0 Å². The lowest BCUT2D eigenvalue weighted by Crippen LogP contribution is -2.37. The van der Waals surface area contributed by atoms with Crippen molar-refractivity contribution in [1.82, 2.24) is 10.6 Å². The van der Waals surface area contributed by atoms with Gasteiger partial charge in [0, 0.05) is 6.54 Å². The monoisotopic (exact) mass is 292 g/mol. The maximum Gasteiger partial charge on any atom is 0.315 e. The average molecular weight is 292 g/mol. The zero-order chi connectivity index (χ0) is 15.1. The number of nitrogens with one attached hydrogen (secondary N) is 2. The van der Waals surface area contributed by atoms with E-state index in [-0.39, 0.29) is 18.9 Å². The fraction of sp³-hybridized carbons (Fsp3) is 0.562. The number of ether oxygens (including phenoxy) is 2. The highest BCUT2D eigenvalue weighted by Gasteiger charge is 2.16. The fourth-order valence-electron chi connectivity index (χ4n) is 2.27. The van der Waals surface area contributed by atoms with Gasteiger partial charge in [-0.3, -0.25) is 0 Å². The fourth-order valence-corrected chi connectivity index (χ4v) is 2.27. The zero-order valence-electron chi connectivity index (χ0n) is 12.8. The Morgan fingerprint density at radius 1 is 1.24 bits per heavy atom. The number of hydrogen-bond acceptors (Lipinski definition) is 3. The minimum atomic E-state index is -0.128. The maximum absolute atomic E-state index is 11.8. The van der Waals surface area contributed by atoms with Crippen molar-refractivity contribution in [1.29, 1.82) is 0 Å². The topological polar surface area (TPSA) is 59.6 Å². The van der Waals surface area contributed by atoms with Gasteiger partial charge in [-0.1, -0.05) is 32.3 Å². The Balaban J connectivity index is 1.75. The molecule has 2 N–H and O–H groups in total. The molecule has 21 heavy (non-hydrogen) atoms. The number of benzene rings is 1. The molecule has 1 unspecified atom stereocenters. The first-order chi connectivity index (χ1) is 10.2. The molecule has 0 aromatic heterocycles. The van der Waals surface area contributed by atoms with Crippen molar-refractivity contribution in [3.63, 3.8) is 0 Å². The number of unbranched alkanes of at least 4 members (excludes halogenated alkanes) is 3. The Morgan fingerprint density at radius 3 is 2.86 bits per heavy atom. The van der Waals surface area contributed by atoms with E-state index in [4.69, 9.17) is 9.47 Å². The van der Waals surface area contributed by atoms with Crippen molar-refractivity contribution in [2.75, 3.05) is 13.3 Å². The molecule has 0 saturated carbocycles. The van der Waals surface area contributed by atoms with Gasteiger partial charge in [-0.2, -0.15) is 0 Å². The summed E-state index contributed by atoms with van der Waals surface area (Å²) in [6, 6.07) is 5.53. The molecule has 0 radical (unpaired) electrons. The first kappa shape index (κ1) is 15.5. The predicted octanol–water partition coefficient (Wildman–Crippen LogP) is 3.36. The number of carbonyl (C=O) groups excluding carboxylic acids is 1. The second-order valence-corrected chi connectivity index (χ2v) is 5.30. The summed E-state index contributed by atoms with van der Waals surface area (Å²) >= 11 is 0. The molecule has 2 amide bonds. The molecule has 1 aliphatic heterocycles. The summed E-state index contributed by atoms with van der Waals surface area (Å²) in [5.74, 6) is 1.49. The SMILES string of the molecule is CCCCCCNC(=O)NC(C)c1ccc2c(c1)OCO2. The number of hydrogen-bond donors (Lipinski definition) is 2. The Hall–Kier alpha value is -1.91. The lowest BCUT2D eigenvalue weighted by molar-refractivity contribution is 0.174. The smallest absolute Gasteiger partial charge is 0.315 e. The van der Waals surface area contributed by atoms with E-state index < -0.39 is 0 Å². The molecular formula is C16H24N2O3. The number of carbonyl (C=O) groups is 1. The average Bonchev–Trinajstić information content (AvgIpc) is 2.94. The van der Waals surface area contributed by atoms with Gasteiger partial charge in [-0.15, -0.1) is 0 Å². The van der Waals surface area contributed by atoms with Crippen LogP contribution in [-0.4, -0.2) is 19.4 Å². The summed E-state index contributed by atoms with van der Waals surface area (Å²) in [6.45, 7) is 5.11. The molecule has 0 saturated heterocycles. The molecule has 5 nitrogen and oxygen atoms in total. The number of urea groups is 1. The molecule has 0 spiro atoms. The predicted molar refractivity (Wildman–Crippen MR) is 81.7 cm³/mol. The van der Waals surface area contributed by atoms with Crippen LogP contribution >= 0.6 is 0 Å². The highest BCUT2D eigenvalue weighted by atomic mass is 16.7. The van der Waals surface area contributed by atoms with Crippen LogP contribution in [0.2, 0.25) is 0 Å². The van der Waals surface area contributed by atoms with Crippen LogP contribution in [0.4, 0.5) is 4.79 Å². The van der Waals surface area contributed by atoms with Gasteiger partial charge in [0.15, 0.2) is 11.5 Å². The Labute approximate surface area is 126 Å². The van der Waals surface area contributed by atoms with E-state index in [1.165, 1.54) is 12.8 Å². The first-order valence-corrected chi connectivity index (χ1v) is 7.64. The first-order valence-electron chi connectivity index (χ1n) is 7.64.